The molecule has 2 atom stereocenters. The molecule has 0 radical (unpaired) electrons. The van der Waals surface area contributed by atoms with Gasteiger partial charge in [0.15, 0.2) is 0 Å². The second-order valence-corrected chi connectivity index (χ2v) is 11.0. The molecule has 5 nitrogen and oxygen atoms in total. The Morgan fingerprint density at radius 1 is 0.862 bits per heavy atom. The SMILES string of the molecule is O=C(CCc1ccc(S(=O)(=O)N2CCCCC2)cc1)N1CC[C@H]2CCCC[C@@H]2C1. The Kier molecular flexibility index (Phi) is 6.60. The maximum Gasteiger partial charge on any atom is 0.243 e. The lowest BCUT2D eigenvalue weighted by Gasteiger charge is -2.41. The quantitative estimate of drug-likeness (QED) is 0.730. The molecule has 160 valence electrons. The fraction of sp³-hybridized carbons (Fsp3) is 0.696. The third-order valence-corrected chi connectivity index (χ3v) is 9.06. The zero-order chi connectivity index (χ0) is 20.3. The predicted molar refractivity (Wildman–Crippen MR) is 114 cm³/mol. The normalized spacial score (nSPS) is 26.1. The van der Waals surface area contributed by atoms with E-state index in [4.69, 9.17) is 0 Å². The average molecular weight is 419 g/mol. The topological polar surface area (TPSA) is 57.7 Å². The number of hydrogen-bond acceptors (Lipinski definition) is 3. The number of likely N-dealkylation sites (tertiary alicyclic amines) is 1. The van der Waals surface area contributed by atoms with Crippen LogP contribution in [0.5, 0.6) is 0 Å². The van der Waals surface area contributed by atoms with Gasteiger partial charge in [-0.15, -0.1) is 0 Å². The number of rotatable bonds is 5. The standard InChI is InChI=1S/C23H34N2O3S/c26-23(24-17-14-20-6-2-3-7-21(20)18-24)13-10-19-8-11-22(12-9-19)29(27,28)25-15-4-1-5-16-25/h8-9,11-12,20-21H,1-7,10,13-18H2/t20-,21-/m1/s1. The molecule has 1 amide bonds. The molecule has 1 saturated carbocycles. The van der Waals surface area contributed by atoms with Gasteiger partial charge in [-0.05, 0) is 61.6 Å². The molecule has 4 rings (SSSR count). The van der Waals surface area contributed by atoms with Gasteiger partial charge in [0.2, 0.25) is 15.9 Å². The molecule has 0 N–H and O–H groups in total. The summed E-state index contributed by atoms with van der Waals surface area (Å²) in [5.41, 5.74) is 1.03. The molecule has 0 bridgehead atoms. The van der Waals surface area contributed by atoms with E-state index in [-0.39, 0.29) is 5.91 Å². The minimum atomic E-state index is -3.38. The molecular weight excluding hydrogens is 384 g/mol. The second kappa shape index (κ2) is 9.17. The van der Waals surface area contributed by atoms with E-state index in [1.807, 2.05) is 12.1 Å². The van der Waals surface area contributed by atoms with E-state index < -0.39 is 10.0 Å². The summed E-state index contributed by atoms with van der Waals surface area (Å²) in [6.45, 7) is 3.09. The van der Waals surface area contributed by atoms with Gasteiger partial charge < -0.3 is 4.90 Å². The molecule has 3 fully saturated rings. The first-order valence-electron chi connectivity index (χ1n) is 11.4. The van der Waals surface area contributed by atoms with Crippen LogP contribution in [0.25, 0.3) is 0 Å². The van der Waals surface area contributed by atoms with E-state index >= 15 is 0 Å². The molecule has 2 aliphatic heterocycles. The molecule has 3 aliphatic rings. The zero-order valence-corrected chi connectivity index (χ0v) is 18.2. The van der Waals surface area contributed by atoms with Gasteiger partial charge in [-0.1, -0.05) is 37.8 Å². The molecule has 29 heavy (non-hydrogen) atoms. The highest BCUT2D eigenvalue weighted by atomic mass is 32.2. The summed E-state index contributed by atoms with van der Waals surface area (Å²) in [7, 11) is -3.38. The number of sulfonamides is 1. The summed E-state index contributed by atoms with van der Waals surface area (Å²) in [5.74, 6) is 1.79. The van der Waals surface area contributed by atoms with Crippen LogP contribution in [0.3, 0.4) is 0 Å². The van der Waals surface area contributed by atoms with Gasteiger partial charge in [-0.2, -0.15) is 4.31 Å². The van der Waals surface area contributed by atoms with Gasteiger partial charge in [0, 0.05) is 32.6 Å². The highest BCUT2D eigenvalue weighted by molar-refractivity contribution is 7.89. The molecule has 2 saturated heterocycles. The Bertz CT molecular complexity index is 800. The number of carbonyl (C=O) groups is 1. The first-order chi connectivity index (χ1) is 14.0. The van der Waals surface area contributed by atoms with Crippen molar-refractivity contribution in [3.8, 4) is 0 Å². The second-order valence-electron chi connectivity index (χ2n) is 9.04. The average Bonchev–Trinajstić information content (AvgIpc) is 2.78. The van der Waals surface area contributed by atoms with Crippen LogP contribution in [0.2, 0.25) is 0 Å². The van der Waals surface area contributed by atoms with Gasteiger partial charge in [0.1, 0.15) is 0 Å². The van der Waals surface area contributed by atoms with Crippen LogP contribution in [-0.2, 0) is 21.2 Å². The first kappa shape index (κ1) is 20.9. The van der Waals surface area contributed by atoms with E-state index in [0.717, 1.165) is 43.8 Å². The minimum Gasteiger partial charge on any atom is -0.342 e. The van der Waals surface area contributed by atoms with Gasteiger partial charge in [0.05, 0.1) is 4.90 Å². The van der Waals surface area contributed by atoms with Crippen molar-refractivity contribution in [3.05, 3.63) is 29.8 Å². The lowest BCUT2D eigenvalue weighted by molar-refractivity contribution is -0.134. The summed E-state index contributed by atoms with van der Waals surface area (Å²) in [6.07, 6.45) is 10.6. The van der Waals surface area contributed by atoms with E-state index in [2.05, 4.69) is 4.90 Å². The lowest BCUT2D eigenvalue weighted by Crippen LogP contribution is -2.44. The maximum atomic E-state index is 12.8. The summed E-state index contributed by atoms with van der Waals surface area (Å²) < 4.78 is 27.1. The summed E-state index contributed by atoms with van der Waals surface area (Å²) in [6, 6.07) is 7.16. The van der Waals surface area contributed by atoms with Crippen LogP contribution in [0.15, 0.2) is 29.2 Å². The number of nitrogens with zero attached hydrogens (tertiary/aromatic N) is 2. The van der Waals surface area contributed by atoms with Gasteiger partial charge in [0.25, 0.3) is 0 Å². The molecule has 2 heterocycles. The number of benzene rings is 1. The Hall–Kier alpha value is -1.40. The van der Waals surface area contributed by atoms with Crippen molar-refractivity contribution in [2.24, 2.45) is 11.8 Å². The first-order valence-corrected chi connectivity index (χ1v) is 12.8. The molecule has 0 spiro atoms. The van der Waals surface area contributed by atoms with Gasteiger partial charge >= 0.3 is 0 Å². The molecule has 0 aromatic heterocycles. The largest absolute Gasteiger partial charge is 0.342 e. The fourth-order valence-corrected chi connectivity index (χ4v) is 6.84. The smallest absolute Gasteiger partial charge is 0.243 e. The van der Waals surface area contributed by atoms with E-state index in [1.165, 1.54) is 32.1 Å². The number of carbonyl (C=O) groups excluding carboxylic acids is 1. The van der Waals surface area contributed by atoms with Crippen molar-refractivity contribution in [3.63, 3.8) is 0 Å². The summed E-state index contributed by atoms with van der Waals surface area (Å²) >= 11 is 0. The number of fused-ring (bicyclic) bond motifs is 1. The van der Waals surface area contributed by atoms with Crippen molar-refractivity contribution in [2.45, 2.75) is 69.1 Å². The number of hydrogen-bond donors (Lipinski definition) is 0. The zero-order valence-electron chi connectivity index (χ0n) is 17.4. The van der Waals surface area contributed by atoms with Crippen LogP contribution in [0, 0.1) is 11.8 Å². The van der Waals surface area contributed by atoms with Gasteiger partial charge in [-0.3, -0.25) is 4.79 Å². The molecule has 1 aromatic carbocycles. The third-order valence-electron chi connectivity index (χ3n) is 7.15. The maximum absolute atomic E-state index is 12.8. The Morgan fingerprint density at radius 2 is 1.55 bits per heavy atom. The number of piperidine rings is 2. The van der Waals surface area contributed by atoms with Crippen molar-refractivity contribution >= 4 is 15.9 Å². The van der Waals surface area contributed by atoms with E-state index in [1.54, 1.807) is 16.4 Å². The van der Waals surface area contributed by atoms with E-state index in [9.17, 15) is 13.2 Å². The minimum absolute atomic E-state index is 0.249. The van der Waals surface area contributed by atoms with Crippen molar-refractivity contribution in [2.75, 3.05) is 26.2 Å². The van der Waals surface area contributed by atoms with Crippen LogP contribution in [0.1, 0.15) is 63.4 Å². The molecule has 1 aliphatic carbocycles. The Morgan fingerprint density at radius 3 is 2.28 bits per heavy atom. The highest BCUT2D eigenvalue weighted by Gasteiger charge is 2.32. The third kappa shape index (κ3) is 4.85. The van der Waals surface area contributed by atoms with Crippen LogP contribution in [-0.4, -0.2) is 49.7 Å². The lowest BCUT2D eigenvalue weighted by atomic mass is 9.75. The van der Waals surface area contributed by atoms with E-state index in [0.29, 0.717) is 36.7 Å². The van der Waals surface area contributed by atoms with Crippen LogP contribution >= 0.6 is 0 Å². The van der Waals surface area contributed by atoms with Crippen LogP contribution in [0.4, 0.5) is 0 Å². The number of amides is 1. The predicted octanol–water partition coefficient (Wildman–Crippen LogP) is 3.83. The molecule has 0 unspecified atom stereocenters. The molecule has 1 aromatic rings. The highest BCUT2D eigenvalue weighted by Crippen LogP contribution is 2.36. The Balaban J connectivity index is 1.30. The number of aryl methyl sites for hydroxylation is 1. The van der Waals surface area contributed by atoms with Gasteiger partial charge in [-0.25, -0.2) is 8.42 Å². The van der Waals surface area contributed by atoms with Crippen molar-refractivity contribution in [1.29, 1.82) is 0 Å². The fourth-order valence-electron chi connectivity index (χ4n) is 5.32. The monoisotopic (exact) mass is 418 g/mol. The molecule has 6 heteroatoms. The van der Waals surface area contributed by atoms with Crippen molar-refractivity contribution in [1.82, 2.24) is 9.21 Å². The van der Waals surface area contributed by atoms with Crippen molar-refractivity contribution < 1.29 is 13.2 Å². The molecular formula is C23H34N2O3S. The summed E-state index contributed by atoms with van der Waals surface area (Å²) in [5, 5.41) is 0. The summed E-state index contributed by atoms with van der Waals surface area (Å²) in [4.78, 5) is 15.1. The Labute approximate surface area is 175 Å². The van der Waals surface area contributed by atoms with Crippen LogP contribution < -0.4 is 0 Å².